The number of rotatable bonds is 10. The molecule has 0 bridgehead atoms. The Labute approximate surface area is 149 Å². The zero-order valence-electron chi connectivity index (χ0n) is 14.2. The van der Waals surface area contributed by atoms with Crippen LogP contribution in [0.4, 0.5) is 22.7 Å². The highest BCUT2D eigenvalue weighted by Crippen LogP contribution is 2.36. The van der Waals surface area contributed by atoms with Crippen LogP contribution < -0.4 is 21.1 Å². The first kappa shape index (κ1) is 21.2. The van der Waals surface area contributed by atoms with Gasteiger partial charge in [-0.05, 0) is 26.0 Å². The van der Waals surface area contributed by atoms with E-state index in [1.165, 1.54) is 0 Å². The van der Waals surface area contributed by atoms with Crippen LogP contribution in [0, 0.1) is 10.4 Å². The van der Waals surface area contributed by atoms with Gasteiger partial charge in [-0.1, -0.05) is 0 Å². The minimum absolute atomic E-state index is 0.0139. The van der Waals surface area contributed by atoms with E-state index < -0.39 is 22.9 Å². The summed E-state index contributed by atoms with van der Waals surface area (Å²) in [6, 6.07) is 2.02. The average Bonchev–Trinajstić information content (AvgIpc) is 2.57. The van der Waals surface area contributed by atoms with Gasteiger partial charge in [0.1, 0.15) is 18.8 Å². The van der Waals surface area contributed by atoms with Gasteiger partial charge in [0.15, 0.2) is 0 Å². The van der Waals surface area contributed by atoms with Crippen LogP contribution in [0.15, 0.2) is 12.1 Å². The molecule has 0 aliphatic rings. The molecule has 0 saturated heterocycles. The second-order valence-corrected chi connectivity index (χ2v) is 4.75. The van der Waals surface area contributed by atoms with Crippen LogP contribution in [-0.4, -0.2) is 48.7 Å². The van der Waals surface area contributed by atoms with Gasteiger partial charge in [0.05, 0.1) is 24.6 Å². The lowest BCUT2D eigenvalue weighted by atomic mass is 10.2. The predicted octanol–water partition coefficient (Wildman–Crippen LogP) is 1.02. The number of nitrogens with zero attached hydrogens (tertiary/aromatic N) is 2. The minimum Gasteiger partial charge on any atom is -0.769 e. The Kier molecular flexibility index (Phi) is 8.37. The molecule has 0 heterocycles. The maximum absolute atomic E-state index is 11.4. The Morgan fingerprint density at radius 1 is 0.962 bits per heavy atom. The topological polar surface area (TPSA) is 170 Å². The number of hydrogen-bond donors (Lipinski definition) is 4. The van der Waals surface area contributed by atoms with E-state index in [9.17, 15) is 30.4 Å². The summed E-state index contributed by atoms with van der Waals surface area (Å²) in [6.07, 6.45) is 0. The number of ether oxygens (including phenoxy) is 2. The Bertz CT molecular complexity index is 574. The van der Waals surface area contributed by atoms with Gasteiger partial charge in [0.25, 0.3) is 0 Å². The minimum atomic E-state index is -0.768. The molecular formula is C14H20N4O8-2. The Hall–Kier alpha value is -2.80. The number of anilines is 4. The molecule has 146 valence electrons. The van der Waals surface area contributed by atoms with Gasteiger partial charge in [-0.2, -0.15) is 0 Å². The molecule has 0 unspecified atom stereocenters. The first-order valence-electron chi connectivity index (χ1n) is 7.59. The number of hydrogen-bond acceptors (Lipinski definition) is 12. The van der Waals surface area contributed by atoms with Crippen molar-refractivity contribution >= 4 is 34.7 Å². The number of carbonyl (C=O) groups is 2. The molecule has 4 N–H and O–H groups in total. The molecule has 0 radical (unpaired) electrons. The third-order valence-corrected chi connectivity index (χ3v) is 2.98. The summed E-state index contributed by atoms with van der Waals surface area (Å²) in [6.45, 7) is 2.89. The lowest BCUT2D eigenvalue weighted by Crippen LogP contribution is -2.22. The molecule has 12 nitrogen and oxygen atoms in total. The van der Waals surface area contributed by atoms with Gasteiger partial charge in [-0.25, -0.2) is 0 Å². The van der Waals surface area contributed by atoms with E-state index in [-0.39, 0.29) is 48.6 Å². The molecule has 0 spiro atoms. The molecule has 12 heteroatoms. The van der Waals surface area contributed by atoms with E-state index in [1.54, 1.807) is 13.8 Å². The van der Waals surface area contributed by atoms with E-state index in [1.807, 2.05) is 0 Å². The third kappa shape index (κ3) is 6.25. The fourth-order valence-corrected chi connectivity index (χ4v) is 1.94. The second kappa shape index (κ2) is 10.2. The first-order valence-corrected chi connectivity index (χ1v) is 7.59. The largest absolute Gasteiger partial charge is 0.769 e. The SMILES string of the molecule is CCOC(=O)CNc1cc(NCC(=O)OCC)c(N(O)O)cc1N([O-])[O-]. The van der Waals surface area contributed by atoms with Crippen molar-refractivity contribution in [3.63, 3.8) is 0 Å². The average molecular weight is 372 g/mol. The van der Waals surface area contributed by atoms with E-state index in [0.29, 0.717) is 0 Å². The van der Waals surface area contributed by atoms with Gasteiger partial charge in [-0.3, -0.25) is 20.0 Å². The standard InChI is InChI=1S/C14H20N4O8/c1-3-25-13(19)7-15-9-5-10(16-8-14(20)26-4-2)12(18(23)24)6-11(9)17(21)22/h5-6,15-16,21-22H,3-4,7-8H2,1-2H3/q-2. The van der Waals surface area contributed by atoms with Crippen molar-refractivity contribution in [2.75, 3.05) is 47.4 Å². The summed E-state index contributed by atoms with van der Waals surface area (Å²) < 4.78 is 9.46. The molecule has 0 saturated carbocycles. The van der Waals surface area contributed by atoms with Crippen LogP contribution in [-0.2, 0) is 19.1 Å². The van der Waals surface area contributed by atoms with E-state index >= 15 is 0 Å². The highest BCUT2D eigenvalue weighted by atomic mass is 16.8. The van der Waals surface area contributed by atoms with Gasteiger partial charge < -0.3 is 35.7 Å². The fourth-order valence-electron chi connectivity index (χ4n) is 1.94. The molecule has 0 fully saturated rings. The van der Waals surface area contributed by atoms with Crippen LogP contribution in [0.2, 0.25) is 0 Å². The van der Waals surface area contributed by atoms with Crippen LogP contribution in [0.5, 0.6) is 0 Å². The number of benzene rings is 1. The number of carbonyl (C=O) groups excluding carboxylic acids is 2. The van der Waals surface area contributed by atoms with Gasteiger partial charge in [-0.15, -0.1) is 5.23 Å². The third-order valence-electron chi connectivity index (χ3n) is 2.98. The smallest absolute Gasteiger partial charge is 0.325 e. The van der Waals surface area contributed by atoms with Crippen molar-refractivity contribution in [3.05, 3.63) is 22.5 Å². The first-order chi connectivity index (χ1) is 12.3. The molecule has 0 atom stereocenters. The molecule has 0 amide bonds. The molecule has 1 rings (SSSR count). The maximum atomic E-state index is 11.4. The van der Waals surface area contributed by atoms with Crippen molar-refractivity contribution in [2.45, 2.75) is 13.8 Å². The summed E-state index contributed by atoms with van der Waals surface area (Å²) in [4.78, 5) is 22.9. The van der Waals surface area contributed by atoms with E-state index in [0.717, 1.165) is 12.1 Å². The number of nitrogens with one attached hydrogen (secondary N) is 2. The molecule has 1 aromatic rings. The van der Waals surface area contributed by atoms with Crippen LogP contribution >= 0.6 is 0 Å². The lowest BCUT2D eigenvalue weighted by Gasteiger charge is -2.39. The molecule has 0 aliphatic carbocycles. The highest BCUT2D eigenvalue weighted by molar-refractivity contribution is 5.87. The zero-order valence-corrected chi connectivity index (χ0v) is 14.2. The summed E-state index contributed by atoms with van der Waals surface area (Å²) in [5.41, 5.74) is -0.984. The van der Waals surface area contributed by atoms with Crippen molar-refractivity contribution in [2.24, 2.45) is 0 Å². The van der Waals surface area contributed by atoms with E-state index in [4.69, 9.17) is 9.47 Å². The normalized spacial score (nSPS) is 10.1. The highest BCUT2D eigenvalue weighted by Gasteiger charge is 2.15. The zero-order chi connectivity index (χ0) is 19.7. The molecule has 0 aromatic heterocycles. The van der Waals surface area contributed by atoms with Crippen LogP contribution in [0.25, 0.3) is 0 Å². The Balaban J connectivity index is 3.11. The predicted molar refractivity (Wildman–Crippen MR) is 92.0 cm³/mol. The van der Waals surface area contributed by atoms with Gasteiger partial charge in [0, 0.05) is 5.69 Å². The van der Waals surface area contributed by atoms with Crippen LogP contribution in [0.3, 0.4) is 0 Å². The summed E-state index contributed by atoms with van der Waals surface area (Å²) in [7, 11) is 0. The Morgan fingerprint density at radius 2 is 1.42 bits per heavy atom. The quantitative estimate of drug-likeness (QED) is 0.340. The van der Waals surface area contributed by atoms with Crippen LogP contribution in [0.1, 0.15) is 13.8 Å². The van der Waals surface area contributed by atoms with Crippen molar-refractivity contribution in [3.8, 4) is 0 Å². The summed E-state index contributed by atoms with van der Waals surface area (Å²) >= 11 is 0. The second-order valence-electron chi connectivity index (χ2n) is 4.75. The number of esters is 2. The lowest BCUT2D eigenvalue weighted by molar-refractivity contribution is -0.141. The molecule has 0 aliphatic heterocycles. The molecular weight excluding hydrogens is 352 g/mol. The summed E-state index contributed by atoms with van der Waals surface area (Å²) in [5.74, 6) is -1.24. The Morgan fingerprint density at radius 3 is 1.81 bits per heavy atom. The van der Waals surface area contributed by atoms with E-state index in [2.05, 4.69) is 10.6 Å². The van der Waals surface area contributed by atoms with Crippen molar-refractivity contribution < 1.29 is 29.5 Å². The molecule has 26 heavy (non-hydrogen) atoms. The summed E-state index contributed by atoms with van der Waals surface area (Å²) in [5, 5.41) is 45.0. The van der Waals surface area contributed by atoms with Gasteiger partial charge >= 0.3 is 11.9 Å². The maximum Gasteiger partial charge on any atom is 0.325 e. The monoisotopic (exact) mass is 372 g/mol. The molecule has 1 aromatic carbocycles. The van der Waals surface area contributed by atoms with Crippen molar-refractivity contribution in [1.82, 2.24) is 0 Å². The van der Waals surface area contributed by atoms with Gasteiger partial charge in [0.2, 0.25) is 0 Å². The van der Waals surface area contributed by atoms with Crippen molar-refractivity contribution in [1.29, 1.82) is 0 Å². The fraction of sp³-hybridized carbons (Fsp3) is 0.429.